The molecule has 4 nitrogen and oxygen atoms in total. The van der Waals surface area contributed by atoms with Crippen LogP contribution >= 0.6 is 15.9 Å². The maximum absolute atomic E-state index is 11.8. The highest BCUT2D eigenvalue weighted by atomic mass is 79.9. The topological polar surface area (TPSA) is 35.6 Å². The van der Waals surface area contributed by atoms with Crippen molar-refractivity contribution in [3.05, 3.63) is 40.4 Å². The zero-order valence-corrected chi connectivity index (χ0v) is 14.7. The largest absolute Gasteiger partial charge is 0.353 e. The average Bonchev–Trinajstić information content (AvgIpc) is 2.52. The second kappa shape index (κ2) is 9.08. The lowest BCUT2D eigenvalue weighted by Crippen LogP contribution is -2.45. The molecule has 0 atom stereocenters. The number of amides is 1. The van der Waals surface area contributed by atoms with Gasteiger partial charge in [0.1, 0.15) is 0 Å². The summed E-state index contributed by atoms with van der Waals surface area (Å²) in [7, 11) is 2.16. The molecule has 2 rings (SSSR count). The van der Waals surface area contributed by atoms with E-state index in [0.29, 0.717) is 0 Å². The van der Waals surface area contributed by atoms with Gasteiger partial charge in [0.05, 0.1) is 0 Å². The van der Waals surface area contributed by atoms with Crippen molar-refractivity contribution < 1.29 is 4.79 Å². The second-order valence-electron chi connectivity index (χ2n) is 5.64. The van der Waals surface area contributed by atoms with Crippen molar-refractivity contribution in [2.75, 3.05) is 46.3 Å². The Morgan fingerprint density at radius 2 is 2.00 bits per heavy atom. The number of carbonyl (C=O) groups is 1. The summed E-state index contributed by atoms with van der Waals surface area (Å²) in [5, 5.41) is 2.94. The normalized spacial score (nSPS) is 17.0. The van der Waals surface area contributed by atoms with Crippen molar-refractivity contribution in [2.45, 2.75) is 6.42 Å². The predicted molar refractivity (Wildman–Crippen MR) is 94.7 cm³/mol. The standard InChI is InChI=1S/C17H24BrN3O/c1-20-11-13-21(14-12-20)10-4-9-19-17(22)8-7-15-5-2-3-6-16(15)18/h2-3,5-8H,4,9-14H2,1H3,(H,19,22)/b8-7+. The molecule has 0 aliphatic carbocycles. The summed E-state index contributed by atoms with van der Waals surface area (Å²) in [5.74, 6) is -0.0332. The van der Waals surface area contributed by atoms with E-state index in [2.05, 4.69) is 38.1 Å². The number of rotatable bonds is 6. The van der Waals surface area contributed by atoms with E-state index in [9.17, 15) is 4.79 Å². The first kappa shape index (κ1) is 17.2. The van der Waals surface area contributed by atoms with Crippen molar-refractivity contribution in [1.29, 1.82) is 0 Å². The SMILES string of the molecule is CN1CCN(CCCNC(=O)/C=C/c2ccccc2Br)CC1. The Labute approximate surface area is 141 Å². The Morgan fingerprint density at radius 1 is 1.27 bits per heavy atom. The molecule has 1 aliphatic rings. The van der Waals surface area contributed by atoms with Crippen LogP contribution in [0.3, 0.4) is 0 Å². The van der Waals surface area contributed by atoms with Crippen molar-refractivity contribution in [3.63, 3.8) is 0 Å². The maximum Gasteiger partial charge on any atom is 0.244 e. The fourth-order valence-electron chi connectivity index (χ4n) is 2.42. The van der Waals surface area contributed by atoms with Crippen LogP contribution in [-0.2, 0) is 4.79 Å². The van der Waals surface area contributed by atoms with E-state index in [-0.39, 0.29) is 5.91 Å². The molecular formula is C17H24BrN3O. The maximum atomic E-state index is 11.8. The van der Waals surface area contributed by atoms with Crippen LogP contribution in [0.25, 0.3) is 6.08 Å². The number of hydrogen-bond acceptors (Lipinski definition) is 3. The van der Waals surface area contributed by atoms with Crippen LogP contribution in [0.5, 0.6) is 0 Å². The summed E-state index contributed by atoms with van der Waals surface area (Å²) in [6.45, 7) is 6.33. The minimum absolute atomic E-state index is 0.0332. The zero-order valence-electron chi connectivity index (χ0n) is 13.1. The van der Waals surface area contributed by atoms with Gasteiger partial charge in [-0.25, -0.2) is 0 Å². The average molecular weight is 366 g/mol. The Kier molecular flexibility index (Phi) is 7.09. The highest BCUT2D eigenvalue weighted by Crippen LogP contribution is 2.16. The summed E-state index contributed by atoms with van der Waals surface area (Å²) in [6.07, 6.45) is 4.42. The van der Waals surface area contributed by atoms with Crippen molar-refractivity contribution in [2.24, 2.45) is 0 Å². The smallest absolute Gasteiger partial charge is 0.244 e. The van der Waals surface area contributed by atoms with Gasteiger partial charge < -0.3 is 15.1 Å². The van der Waals surface area contributed by atoms with Gasteiger partial charge in [0.15, 0.2) is 0 Å². The molecule has 1 saturated heterocycles. The minimum atomic E-state index is -0.0332. The number of nitrogens with zero attached hydrogens (tertiary/aromatic N) is 2. The van der Waals surface area contributed by atoms with Gasteiger partial charge in [0.2, 0.25) is 5.91 Å². The van der Waals surface area contributed by atoms with E-state index < -0.39 is 0 Å². The van der Waals surface area contributed by atoms with Crippen molar-refractivity contribution >= 4 is 27.9 Å². The molecule has 5 heteroatoms. The molecule has 1 amide bonds. The predicted octanol–water partition coefficient (Wildman–Crippen LogP) is 2.22. The number of carbonyl (C=O) groups excluding carboxylic acids is 1. The molecular weight excluding hydrogens is 342 g/mol. The number of benzene rings is 1. The highest BCUT2D eigenvalue weighted by molar-refractivity contribution is 9.10. The third-order valence-electron chi connectivity index (χ3n) is 3.87. The molecule has 0 aromatic heterocycles. The van der Waals surface area contributed by atoms with E-state index in [1.165, 1.54) is 0 Å². The third-order valence-corrected chi connectivity index (χ3v) is 4.59. The summed E-state index contributed by atoms with van der Waals surface area (Å²) in [6, 6.07) is 7.85. The summed E-state index contributed by atoms with van der Waals surface area (Å²) in [5.41, 5.74) is 1.01. The molecule has 0 radical (unpaired) electrons. The van der Waals surface area contributed by atoms with Crippen LogP contribution in [0.4, 0.5) is 0 Å². The molecule has 0 unspecified atom stereocenters. The Morgan fingerprint density at radius 3 is 2.73 bits per heavy atom. The van der Waals surface area contributed by atoms with Crippen LogP contribution in [0.15, 0.2) is 34.8 Å². The van der Waals surface area contributed by atoms with E-state index in [1.807, 2.05) is 30.3 Å². The lowest BCUT2D eigenvalue weighted by Gasteiger charge is -2.32. The first-order valence-electron chi connectivity index (χ1n) is 7.76. The van der Waals surface area contributed by atoms with Gasteiger partial charge in [-0.2, -0.15) is 0 Å². The number of piperazine rings is 1. The zero-order chi connectivity index (χ0) is 15.8. The lowest BCUT2D eigenvalue weighted by molar-refractivity contribution is -0.116. The van der Waals surface area contributed by atoms with E-state index >= 15 is 0 Å². The van der Waals surface area contributed by atoms with E-state index in [0.717, 1.165) is 55.7 Å². The van der Waals surface area contributed by atoms with Gasteiger partial charge in [-0.1, -0.05) is 34.1 Å². The van der Waals surface area contributed by atoms with Gasteiger partial charge in [0.25, 0.3) is 0 Å². The first-order valence-corrected chi connectivity index (χ1v) is 8.56. The molecule has 1 heterocycles. The van der Waals surface area contributed by atoms with Crippen LogP contribution in [0.1, 0.15) is 12.0 Å². The highest BCUT2D eigenvalue weighted by Gasteiger charge is 2.12. The van der Waals surface area contributed by atoms with E-state index in [4.69, 9.17) is 0 Å². The summed E-state index contributed by atoms with van der Waals surface area (Å²) < 4.78 is 0.995. The fraction of sp³-hybridized carbons (Fsp3) is 0.471. The quantitative estimate of drug-likeness (QED) is 0.620. The monoisotopic (exact) mass is 365 g/mol. The van der Waals surface area contributed by atoms with Crippen LogP contribution in [0, 0.1) is 0 Å². The van der Waals surface area contributed by atoms with Gasteiger partial charge in [-0.15, -0.1) is 0 Å². The Hall–Kier alpha value is -1.17. The number of likely N-dealkylation sites (N-methyl/N-ethyl adjacent to an activating group) is 1. The van der Waals surface area contributed by atoms with Crippen LogP contribution in [-0.4, -0.2) is 62.0 Å². The minimum Gasteiger partial charge on any atom is -0.353 e. The fourth-order valence-corrected chi connectivity index (χ4v) is 2.84. The molecule has 0 bridgehead atoms. The third kappa shape index (κ3) is 5.91. The molecule has 0 spiro atoms. The summed E-state index contributed by atoms with van der Waals surface area (Å²) >= 11 is 3.47. The van der Waals surface area contributed by atoms with Crippen LogP contribution < -0.4 is 5.32 Å². The van der Waals surface area contributed by atoms with Gasteiger partial charge in [-0.05, 0) is 37.7 Å². The van der Waals surface area contributed by atoms with Crippen molar-refractivity contribution in [1.82, 2.24) is 15.1 Å². The number of nitrogens with one attached hydrogen (secondary N) is 1. The summed E-state index contributed by atoms with van der Waals surface area (Å²) in [4.78, 5) is 16.6. The molecule has 1 aliphatic heterocycles. The number of halogens is 1. The Bertz CT molecular complexity index is 510. The number of hydrogen-bond donors (Lipinski definition) is 1. The molecule has 22 heavy (non-hydrogen) atoms. The molecule has 1 aromatic carbocycles. The molecule has 1 N–H and O–H groups in total. The van der Waals surface area contributed by atoms with Gasteiger partial charge >= 0.3 is 0 Å². The van der Waals surface area contributed by atoms with Gasteiger partial charge in [0, 0.05) is 43.3 Å². The molecule has 120 valence electrons. The Balaban J connectivity index is 1.63. The van der Waals surface area contributed by atoms with Crippen LogP contribution in [0.2, 0.25) is 0 Å². The molecule has 0 saturated carbocycles. The second-order valence-corrected chi connectivity index (χ2v) is 6.50. The molecule has 1 aromatic rings. The first-order chi connectivity index (χ1) is 10.6. The van der Waals surface area contributed by atoms with Crippen molar-refractivity contribution in [3.8, 4) is 0 Å². The molecule has 1 fully saturated rings. The van der Waals surface area contributed by atoms with E-state index in [1.54, 1.807) is 6.08 Å². The lowest BCUT2D eigenvalue weighted by atomic mass is 10.2. The van der Waals surface area contributed by atoms with Gasteiger partial charge in [-0.3, -0.25) is 4.79 Å².